The number of carbonyl (C=O) groups excluding carboxylic acids is 1. The Hall–Kier alpha value is -0.380. The molecule has 0 saturated carbocycles. The summed E-state index contributed by atoms with van der Waals surface area (Å²) in [4.78, 5) is 13.3. The van der Waals surface area contributed by atoms with Crippen molar-refractivity contribution in [2.24, 2.45) is 0 Å². The Morgan fingerprint density at radius 1 is 1.40 bits per heavy atom. The molecular weight excluding hydrogens is 253 g/mol. The van der Waals surface area contributed by atoms with Crippen LogP contribution in [0.3, 0.4) is 0 Å². The molecule has 1 saturated heterocycles. The zero-order valence-corrected chi connectivity index (χ0v) is 10.2. The number of halogens is 2. The zero-order chi connectivity index (χ0) is 11.0. The van der Waals surface area contributed by atoms with Crippen LogP contribution in [0.25, 0.3) is 0 Å². The summed E-state index contributed by atoms with van der Waals surface area (Å²) in [5.41, 5.74) is 0.672. The van der Waals surface area contributed by atoms with Gasteiger partial charge in [-0.3, -0.25) is 4.79 Å². The maximum Gasteiger partial charge on any atom is 0.228 e. The minimum Gasteiger partial charge on any atom is -0.310 e. The van der Waals surface area contributed by atoms with E-state index in [1.807, 2.05) is 0 Å². The first kappa shape index (κ1) is 11.1. The van der Waals surface area contributed by atoms with Crippen molar-refractivity contribution in [2.75, 3.05) is 11.4 Å². The van der Waals surface area contributed by atoms with Crippen LogP contribution in [0.1, 0.15) is 6.42 Å². The molecule has 0 radical (unpaired) electrons. The first-order valence-electron chi connectivity index (χ1n) is 4.51. The largest absolute Gasteiger partial charge is 0.310 e. The topological polar surface area (TPSA) is 20.3 Å². The molecule has 1 aliphatic heterocycles. The third-order valence-corrected chi connectivity index (χ3v) is 3.20. The molecule has 0 N–H and O–H groups in total. The highest BCUT2D eigenvalue weighted by atomic mass is 35.5. The molecule has 15 heavy (non-hydrogen) atoms. The van der Waals surface area contributed by atoms with Gasteiger partial charge in [0.25, 0.3) is 0 Å². The Balaban J connectivity index is 2.37. The van der Waals surface area contributed by atoms with E-state index in [-0.39, 0.29) is 11.2 Å². The Bertz CT molecular complexity index is 410. The number of hydrogen-bond donors (Lipinski definition) is 1. The van der Waals surface area contributed by atoms with Crippen LogP contribution in [-0.4, -0.2) is 17.7 Å². The molecule has 1 aromatic rings. The number of nitrogens with zero attached hydrogens (tertiary/aromatic N) is 1. The lowest BCUT2D eigenvalue weighted by Crippen LogP contribution is -2.24. The molecule has 1 atom stereocenters. The molecule has 1 aromatic carbocycles. The summed E-state index contributed by atoms with van der Waals surface area (Å²) in [6.45, 7) is 0.585. The van der Waals surface area contributed by atoms with E-state index in [9.17, 15) is 4.79 Å². The van der Waals surface area contributed by atoms with Gasteiger partial charge in [-0.15, -0.1) is 0 Å². The molecule has 0 spiro atoms. The Morgan fingerprint density at radius 2 is 2.13 bits per heavy atom. The summed E-state index contributed by atoms with van der Waals surface area (Å²) < 4.78 is 0. The standard InChI is InChI=1S/C10H9Cl2NOS/c11-6-1-2-8(12)9(3-6)13-5-7(15)4-10(13)14/h1-3,7,15H,4-5H2. The number of thiol groups is 1. The van der Waals surface area contributed by atoms with Gasteiger partial charge in [0.1, 0.15) is 0 Å². The van der Waals surface area contributed by atoms with Gasteiger partial charge in [-0.1, -0.05) is 23.2 Å². The van der Waals surface area contributed by atoms with E-state index >= 15 is 0 Å². The van der Waals surface area contributed by atoms with Gasteiger partial charge in [-0.25, -0.2) is 0 Å². The number of benzene rings is 1. The molecule has 1 aliphatic rings. The summed E-state index contributed by atoms with van der Waals surface area (Å²) in [5, 5.41) is 1.19. The van der Waals surface area contributed by atoms with E-state index in [4.69, 9.17) is 23.2 Å². The van der Waals surface area contributed by atoms with Crippen LogP contribution in [0.4, 0.5) is 5.69 Å². The number of anilines is 1. The van der Waals surface area contributed by atoms with Gasteiger partial charge < -0.3 is 4.90 Å². The number of amides is 1. The van der Waals surface area contributed by atoms with Crippen molar-refractivity contribution >= 4 is 47.4 Å². The molecule has 1 fully saturated rings. The number of rotatable bonds is 1. The van der Waals surface area contributed by atoms with Crippen molar-refractivity contribution in [3.05, 3.63) is 28.2 Å². The van der Waals surface area contributed by atoms with Crippen molar-refractivity contribution in [2.45, 2.75) is 11.7 Å². The van der Waals surface area contributed by atoms with E-state index in [1.165, 1.54) is 0 Å². The fourth-order valence-electron chi connectivity index (χ4n) is 1.61. The second kappa shape index (κ2) is 4.24. The quantitative estimate of drug-likeness (QED) is 0.771. The average Bonchev–Trinajstić information content (AvgIpc) is 2.50. The van der Waals surface area contributed by atoms with Crippen molar-refractivity contribution in [3.63, 3.8) is 0 Å². The summed E-state index contributed by atoms with van der Waals surface area (Å²) in [6.07, 6.45) is 0.450. The van der Waals surface area contributed by atoms with E-state index < -0.39 is 0 Å². The van der Waals surface area contributed by atoms with Crippen LogP contribution < -0.4 is 4.90 Å². The Labute approximate surface area is 104 Å². The maximum atomic E-state index is 11.6. The molecule has 2 nitrogen and oxygen atoms in total. The van der Waals surface area contributed by atoms with Gasteiger partial charge in [0.2, 0.25) is 5.91 Å². The van der Waals surface area contributed by atoms with Crippen LogP contribution in [0.2, 0.25) is 10.0 Å². The van der Waals surface area contributed by atoms with Gasteiger partial charge in [0, 0.05) is 23.2 Å². The molecular formula is C10H9Cl2NOS. The third kappa shape index (κ3) is 2.25. The van der Waals surface area contributed by atoms with Crippen LogP contribution in [0.15, 0.2) is 18.2 Å². The molecule has 2 rings (SSSR count). The normalized spacial score (nSPS) is 21.1. The smallest absolute Gasteiger partial charge is 0.228 e. The highest BCUT2D eigenvalue weighted by molar-refractivity contribution is 7.81. The van der Waals surface area contributed by atoms with E-state index in [0.717, 1.165) is 0 Å². The van der Waals surface area contributed by atoms with Crippen LogP contribution in [0, 0.1) is 0 Å². The van der Waals surface area contributed by atoms with Crippen molar-refractivity contribution in [1.29, 1.82) is 0 Å². The molecule has 0 aliphatic carbocycles. The maximum absolute atomic E-state index is 11.6. The van der Waals surface area contributed by atoms with E-state index in [0.29, 0.717) is 28.7 Å². The minimum absolute atomic E-state index is 0.0409. The highest BCUT2D eigenvalue weighted by Gasteiger charge is 2.29. The third-order valence-electron chi connectivity index (χ3n) is 2.30. The number of carbonyl (C=O) groups is 1. The lowest BCUT2D eigenvalue weighted by Gasteiger charge is -2.17. The summed E-state index contributed by atoms with van der Waals surface area (Å²) in [5.74, 6) is 0.0409. The fraction of sp³-hybridized carbons (Fsp3) is 0.300. The van der Waals surface area contributed by atoms with Gasteiger partial charge in [0.05, 0.1) is 10.7 Å². The Kier molecular flexibility index (Phi) is 3.14. The van der Waals surface area contributed by atoms with Crippen molar-refractivity contribution in [3.8, 4) is 0 Å². The molecule has 0 bridgehead atoms. The first-order chi connectivity index (χ1) is 7.08. The molecule has 1 heterocycles. The summed E-state index contributed by atoms with van der Waals surface area (Å²) in [7, 11) is 0. The second-order valence-corrected chi connectivity index (χ2v) is 5.03. The summed E-state index contributed by atoms with van der Waals surface area (Å²) in [6, 6.07) is 5.10. The Morgan fingerprint density at radius 3 is 2.73 bits per heavy atom. The highest BCUT2D eigenvalue weighted by Crippen LogP contribution is 2.32. The SMILES string of the molecule is O=C1CC(S)CN1c1cc(Cl)ccc1Cl. The fourth-order valence-corrected chi connectivity index (χ4v) is 2.32. The monoisotopic (exact) mass is 261 g/mol. The van der Waals surface area contributed by atoms with Crippen molar-refractivity contribution < 1.29 is 4.79 Å². The molecule has 0 aromatic heterocycles. The molecule has 1 unspecified atom stereocenters. The predicted octanol–water partition coefficient (Wildman–Crippen LogP) is 3.03. The van der Waals surface area contributed by atoms with Gasteiger partial charge in [0.15, 0.2) is 0 Å². The van der Waals surface area contributed by atoms with E-state index in [2.05, 4.69) is 12.6 Å². The van der Waals surface area contributed by atoms with Gasteiger partial charge in [-0.2, -0.15) is 12.6 Å². The van der Waals surface area contributed by atoms with Crippen molar-refractivity contribution in [1.82, 2.24) is 0 Å². The lowest BCUT2D eigenvalue weighted by atomic mass is 10.3. The average molecular weight is 262 g/mol. The predicted molar refractivity (Wildman–Crippen MR) is 66.2 cm³/mol. The molecule has 80 valence electrons. The van der Waals surface area contributed by atoms with Crippen LogP contribution >= 0.6 is 35.8 Å². The molecule has 1 amide bonds. The zero-order valence-electron chi connectivity index (χ0n) is 7.78. The minimum atomic E-state index is 0.0409. The van der Waals surface area contributed by atoms with Gasteiger partial charge in [-0.05, 0) is 18.2 Å². The van der Waals surface area contributed by atoms with Crippen LogP contribution in [0.5, 0.6) is 0 Å². The number of hydrogen-bond acceptors (Lipinski definition) is 2. The second-order valence-electron chi connectivity index (χ2n) is 3.46. The molecule has 5 heteroatoms. The van der Waals surface area contributed by atoms with Crippen LogP contribution in [-0.2, 0) is 4.79 Å². The van der Waals surface area contributed by atoms with Gasteiger partial charge >= 0.3 is 0 Å². The summed E-state index contributed by atoms with van der Waals surface area (Å²) >= 11 is 16.2. The first-order valence-corrected chi connectivity index (χ1v) is 5.78. The van der Waals surface area contributed by atoms with E-state index in [1.54, 1.807) is 23.1 Å². The lowest BCUT2D eigenvalue weighted by molar-refractivity contribution is -0.117.